The van der Waals surface area contributed by atoms with Gasteiger partial charge in [-0.25, -0.2) is 4.98 Å². The fourth-order valence-electron chi connectivity index (χ4n) is 2.29. The Morgan fingerprint density at radius 1 is 1.45 bits per heavy atom. The number of halogens is 2. The summed E-state index contributed by atoms with van der Waals surface area (Å²) >= 11 is 9.36. The number of amides is 1. The summed E-state index contributed by atoms with van der Waals surface area (Å²) in [5.74, 6) is 3.01. The molecular weight excluding hydrogens is 342 g/mol. The number of fused-ring (bicyclic) bond motifs is 1. The van der Waals surface area contributed by atoms with Crippen LogP contribution in [0.2, 0.25) is 5.28 Å². The van der Waals surface area contributed by atoms with Crippen molar-refractivity contribution in [2.75, 3.05) is 11.4 Å². The second-order valence-electron chi connectivity index (χ2n) is 4.55. The van der Waals surface area contributed by atoms with Gasteiger partial charge in [0.2, 0.25) is 11.2 Å². The van der Waals surface area contributed by atoms with Gasteiger partial charge in [-0.15, -0.1) is 12.3 Å². The number of nitrogens with zero attached hydrogens (tertiary/aromatic N) is 3. The smallest absolute Gasteiger partial charge is 0.229 e. The molecule has 1 unspecified atom stereocenters. The van der Waals surface area contributed by atoms with Crippen LogP contribution in [0.5, 0.6) is 0 Å². The van der Waals surface area contributed by atoms with Crippen LogP contribution in [0.25, 0.3) is 10.9 Å². The maximum atomic E-state index is 12.1. The van der Waals surface area contributed by atoms with Gasteiger partial charge in [-0.1, -0.05) is 15.9 Å². The van der Waals surface area contributed by atoms with E-state index < -0.39 is 0 Å². The van der Waals surface area contributed by atoms with Crippen molar-refractivity contribution in [3.8, 4) is 12.3 Å². The minimum absolute atomic E-state index is 0.0380. The van der Waals surface area contributed by atoms with Crippen LogP contribution in [0.3, 0.4) is 0 Å². The average Bonchev–Trinajstić information content (AvgIpc) is 2.79. The Labute approximate surface area is 129 Å². The Morgan fingerprint density at radius 3 is 2.95 bits per heavy atom. The molecule has 20 heavy (non-hydrogen) atoms. The molecule has 0 saturated carbocycles. The third-order valence-corrected chi connectivity index (χ3v) is 3.89. The normalized spacial score (nSPS) is 18.6. The summed E-state index contributed by atoms with van der Waals surface area (Å²) in [6.45, 7) is 0.463. The minimum atomic E-state index is -0.0848. The van der Waals surface area contributed by atoms with E-state index in [2.05, 4.69) is 31.8 Å². The van der Waals surface area contributed by atoms with E-state index in [4.69, 9.17) is 18.0 Å². The molecule has 1 saturated heterocycles. The third kappa shape index (κ3) is 2.26. The summed E-state index contributed by atoms with van der Waals surface area (Å²) in [6, 6.07) is 5.57. The average molecular weight is 351 g/mol. The van der Waals surface area contributed by atoms with Crippen molar-refractivity contribution in [3.05, 3.63) is 28.0 Å². The maximum absolute atomic E-state index is 12.1. The van der Waals surface area contributed by atoms with Crippen molar-refractivity contribution in [3.63, 3.8) is 0 Å². The van der Waals surface area contributed by atoms with Gasteiger partial charge in [0.1, 0.15) is 5.82 Å². The predicted octanol–water partition coefficient (Wildman–Crippen LogP) is 3.03. The predicted molar refractivity (Wildman–Crippen MR) is 81.5 cm³/mol. The molecule has 1 atom stereocenters. The van der Waals surface area contributed by atoms with Crippen LogP contribution in [0.1, 0.15) is 6.42 Å². The first-order valence-electron chi connectivity index (χ1n) is 5.98. The van der Waals surface area contributed by atoms with Crippen molar-refractivity contribution >= 4 is 50.2 Å². The molecule has 6 heteroatoms. The minimum Gasteiger partial charge on any atom is -0.295 e. The van der Waals surface area contributed by atoms with Crippen LogP contribution in [-0.2, 0) is 4.79 Å². The first-order chi connectivity index (χ1) is 9.58. The summed E-state index contributed by atoms with van der Waals surface area (Å²) in [6.07, 6.45) is 5.75. The van der Waals surface area contributed by atoms with Crippen LogP contribution < -0.4 is 4.90 Å². The third-order valence-electron chi connectivity index (χ3n) is 3.23. The summed E-state index contributed by atoms with van der Waals surface area (Å²) in [7, 11) is 0. The quantitative estimate of drug-likeness (QED) is 0.587. The number of benzene rings is 1. The van der Waals surface area contributed by atoms with Crippen LogP contribution in [0.15, 0.2) is 22.7 Å². The zero-order chi connectivity index (χ0) is 14.3. The first kappa shape index (κ1) is 13.3. The molecule has 1 aromatic carbocycles. The molecule has 0 N–H and O–H groups in total. The van der Waals surface area contributed by atoms with Gasteiger partial charge in [0.25, 0.3) is 0 Å². The second kappa shape index (κ2) is 5.04. The van der Waals surface area contributed by atoms with Gasteiger partial charge in [0, 0.05) is 28.7 Å². The number of aromatic nitrogens is 2. The van der Waals surface area contributed by atoms with Crippen LogP contribution in [-0.4, -0.2) is 22.4 Å². The Kier molecular flexibility index (Phi) is 3.36. The van der Waals surface area contributed by atoms with Gasteiger partial charge < -0.3 is 0 Å². The molecule has 4 nitrogen and oxygen atoms in total. The second-order valence-corrected chi connectivity index (χ2v) is 5.80. The highest BCUT2D eigenvalue weighted by atomic mass is 79.9. The van der Waals surface area contributed by atoms with Gasteiger partial charge in [-0.2, -0.15) is 4.98 Å². The zero-order valence-electron chi connectivity index (χ0n) is 10.3. The van der Waals surface area contributed by atoms with Gasteiger partial charge in [0.05, 0.1) is 5.52 Å². The van der Waals surface area contributed by atoms with Crippen LogP contribution in [0.4, 0.5) is 5.82 Å². The number of hydrogen-bond acceptors (Lipinski definition) is 3. The monoisotopic (exact) mass is 349 g/mol. The molecule has 1 aliphatic heterocycles. The molecule has 0 radical (unpaired) electrons. The summed E-state index contributed by atoms with van der Waals surface area (Å²) < 4.78 is 0.886. The number of terminal acetylenes is 1. The van der Waals surface area contributed by atoms with Crippen LogP contribution in [0, 0.1) is 18.3 Å². The van der Waals surface area contributed by atoms with Crippen molar-refractivity contribution in [1.82, 2.24) is 9.97 Å². The van der Waals surface area contributed by atoms with Crippen molar-refractivity contribution in [2.24, 2.45) is 5.92 Å². The lowest BCUT2D eigenvalue weighted by Crippen LogP contribution is -2.26. The van der Waals surface area contributed by atoms with E-state index in [1.807, 2.05) is 18.2 Å². The molecule has 2 aromatic rings. The Balaban J connectivity index is 2.18. The molecule has 100 valence electrons. The van der Waals surface area contributed by atoms with Crippen molar-refractivity contribution in [1.29, 1.82) is 0 Å². The molecule has 0 bridgehead atoms. The van der Waals surface area contributed by atoms with Gasteiger partial charge in [0.15, 0.2) is 0 Å². The summed E-state index contributed by atoms with van der Waals surface area (Å²) in [4.78, 5) is 22.1. The molecule has 2 heterocycles. The highest BCUT2D eigenvalue weighted by Crippen LogP contribution is 2.31. The van der Waals surface area contributed by atoms with E-state index in [1.165, 1.54) is 0 Å². The Hall–Kier alpha value is -1.64. The number of hydrogen-bond donors (Lipinski definition) is 0. The SMILES string of the molecule is C#CC1CC(=O)N(c2nc(Cl)nc3ccc(Br)cc23)C1. The summed E-state index contributed by atoms with van der Waals surface area (Å²) in [5.41, 5.74) is 0.695. The van der Waals surface area contributed by atoms with E-state index in [0.29, 0.717) is 24.3 Å². The number of anilines is 1. The topological polar surface area (TPSA) is 46.1 Å². The maximum Gasteiger partial charge on any atom is 0.229 e. The molecule has 1 amide bonds. The van der Waals surface area contributed by atoms with Crippen LogP contribution >= 0.6 is 27.5 Å². The number of carbonyl (C=O) groups excluding carboxylic acids is 1. The number of carbonyl (C=O) groups is 1. The lowest BCUT2D eigenvalue weighted by atomic mass is 10.1. The molecular formula is C14H9BrClN3O. The zero-order valence-corrected chi connectivity index (χ0v) is 12.6. The van der Waals surface area contributed by atoms with Gasteiger partial charge >= 0.3 is 0 Å². The fraction of sp³-hybridized carbons (Fsp3) is 0.214. The lowest BCUT2D eigenvalue weighted by Gasteiger charge is -2.17. The van der Waals surface area contributed by atoms with E-state index in [1.54, 1.807) is 4.90 Å². The number of rotatable bonds is 1. The lowest BCUT2D eigenvalue weighted by molar-refractivity contribution is -0.117. The molecule has 0 aliphatic carbocycles. The van der Waals surface area contributed by atoms with Crippen molar-refractivity contribution in [2.45, 2.75) is 6.42 Å². The highest BCUT2D eigenvalue weighted by molar-refractivity contribution is 9.10. The largest absolute Gasteiger partial charge is 0.295 e. The molecule has 3 rings (SSSR count). The molecule has 1 aromatic heterocycles. The Morgan fingerprint density at radius 2 is 2.25 bits per heavy atom. The Bertz CT molecular complexity index is 756. The molecule has 0 spiro atoms. The van der Waals surface area contributed by atoms with Gasteiger partial charge in [-0.05, 0) is 29.8 Å². The van der Waals surface area contributed by atoms with E-state index in [0.717, 1.165) is 9.86 Å². The van der Waals surface area contributed by atoms with E-state index >= 15 is 0 Å². The highest BCUT2D eigenvalue weighted by Gasteiger charge is 2.31. The first-order valence-corrected chi connectivity index (χ1v) is 7.15. The van der Waals surface area contributed by atoms with E-state index in [9.17, 15) is 4.79 Å². The van der Waals surface area contributed by atoms with Crippen molar-refractivity contribution < 1.29 is 4.79 Å². The van der Waals surface area contributed by atoms with Gasteiger partial charge in [-0.3, -0.25) is 9.69 Å². The standard InChI is InChI=1S/C14H9BrClN3O/c1-2-8-5-12(20)19(7-8)13-10-6-9(15)3-4-11(10)17-14(16)18-13/h1,3-4,6,8H,5,7H2. The summed E-state index contributed by atoms with van der Waals surface area (Å²) in [5, 5.41) is 0.890. The molecule has 1 aliphatic rings. The van der Waals surface area contributed by atoms with E-state index in [-0.39, 0.29) is 17.1 Å². The molecule has 1 fully saturated rings. The fourth-order valence-corrected chi connectivity index (χ4v) is 2.82.